The molecule has 0 N–H and O–H groups in total. The minimum absolute atomic E-state index is 0.0574. The number of rotatable bonds is 2. The van der Waals surface area contributed by atoms with Crippen molar-refractivity contribution in [3.05, 3.63) is 24.3 Å². The van der Waals surface area contributed by atoms with Crippen LogP contribution in [-0.4, -0.2) is 10.1 Å². The van der Waals surface area contributed by atoms with Crippen LogP contribution >= 0.6 is 23.1 Å². The average Bonchev–Trinajstić information content (AvgIpc) is 2.59. The molecule has 0 aliphatic heterocycles. The molecule has 1 aromatic heterocycles. The molecule has 2 rings (SSSR count). The number of aromatic nitrogens is 1. The van der Waals surface area contributed by atoms with Crippen LogP contribution in [0.2, 0.25) is 0 Å². The molecule has 0 atom stereocenters. The van der Waals surface area contributed by atoms with Crippen molar-refractivity contribution in [2.45, 2.75) is 18.2 Å². The second-order valence-corrected chi connectivity index (χ2v) is 5.81. The van der Waals surface area contributed by atoms with Crippen LogP contribution in [-0.2, 0) is 4.79 Å². The van der Waals surface area contributed by atoms with Crippen LogP contribution in [0.5, 0.6) is 0 Å². The highest BCUT2D eigenvalue weighted by molar-refractivity contribution is 8.15. The normalized spacial score (nSPS) is 11.1. The van der Waals surface area contributed by atoms with Crippen molar-refractivity contribution in [3.63, 3.8) is 0 Å². The molecule has 2 aromatic rings. The van der Waals surface area contributed by atoms with Crippen molar-refractivity contribution in [2.75, 3.05) is 0 Å². The van der Waals surface area contributed by atoms with Gasteiger partial charge in [-0.05, 0) is 23.9 Å². The quantitative estimate of drug-likeness (QED) is 0.748. The van der Waals surface area contributed by atoms with Gasteiger partial charge in [-0.3, -0.25) is 4.79 Å². The predicted molar refractivity (Wildman–Crippen MR) is 65.3 cm³/mol. The molecule has 0 aliphatic carbocycles. The minimum Gasteiger partial charge on any atom is -0.286 e. The van der Waals surface area contributed by atoms with Gasteiger partial charge in [-0.2, -0.15) is 0 Å². The predicted octanol–water partition coefficient (Wildman–Crippen LogP) is 3.57. The number of carbonyl (C=O) groups is 1. The van der Waals surface area contributed by atoms with Crippen LogP contribution < -0.4 is 0 Å². The molecule has 0 saturated carbocycles. The Morgan fingerprint density at radius 1 is 1.40 bits per heavy atom. The highest BCUT2D eigenvalue weighted by atomic mass is 32.2. The lowest BCUT2D eigenvalue weighted by atomic mass is 10.3. The molecule has 0 bridgehead atoms. The third-order valence-corrected chi connectivity index (χ3v) is 4.20. The van der Waals surface area contributed by atoms with Crippen molar-refractivity contribution < 1.29 is 4.79 Å². The number of thioether (sulfide) groups is 1. The summed E-state index contributed by atoms with van der Waals surface area (Å²) in [7, 11) is 0. The van der Waals surface area contributed by atoms with E-state index in [2.05, 4.69) is 4.98 Å². The van der Waals surface area contributed by atoms with Gasteiger partial charge < -0.3 is 0 Å². The Bertz CT molecular complexity index is 457. The van der Waals surface area contributed by atoms with E-state index in [0.717, 1.165) is 14.6 Å². The zero-order valence-corrected chi connectivity index (χ0v) is 10.2. The Hall–Kier alpha value is -0.870. The first kappa shape index (κ1) is 10.6. The summed E-state index contributed by atoms with van der Waals surface area (Å²) in [6, 6.07) is 7.94. The first-order valence-corrected chi connectivity index (χ1v) is 6.37. The van der Waals surface area contributed by atoms with Gasteiger partial charge in [0.2, 0.25) is 0 Å². The summed E-state index contributed by atoms with van der Waals surface area (Å²) in [6.07, 6.45) is 0. The van der Waals surface area contributed by atoms with E-state index in [1.54, 1.807) is 11.3 Å². The van der Waals surface area contributed by atoms with E-state index < -0.39 is 0 Å². The zero-order chi connectivity index (χ0) is 10.8. The zero-order valence-electron chi connectivity index (χ0n) is 8.56. The fourth-order valence-electron chi connectivity index (χ4n) is 1.10. The number of hydrogen-bond acceptors (Lipinski definition) is 4. The molecule has 0 aliphatic rings. The maximum atomic E-state index is 11.5. The summed E-state index contributed by atoms with van der Waals surface area (Å²) in [4.78, 5) is 15.9. The van der Waals surface area contributed by atoms with E-state index in [-0.39, 0.29) is 11.0 Å². The second-order valence-electron chi connectivity index (χ2n) is 3.52. The Balaban J connectivity index is 2.26. The molecule has 0 radical (unpaired) electrons. The summed E-state index contributed by atoms with van der Waals surface area (Å²) in [5.74, 6) is 0.0574. The van der Waals surface area contributed by atoms with Gasteiger partial charge in [0.05, 0.1) is 10.2 Å². The first-order chi connectivity index (χ1) is 7.16. The highest BCUT2D eigenvalue weighted by Gasteiger charge is 2.12. The molecular weight excluding hydrogens is 226 g/mol. The third kappa shape index (κ3) is 2.38. The smallest absolute Gasteiger partial charge is 0.198 e. The molecule has 0 fully saturated rings. The fraction of sp³-hybridized carbons (Fsp3) is 0.273. The summed E-state index contributed by atoms with van der Waals surface area (Å²) >= 11 is 2.82. The van der Waals surface area contributed by atoms with Crippen LogP contribution in [0.1, 0.15) is 13.8 Å². The number of hydrogen-bond donors (Lipinski definition) is 0. The van der Waals surface area contributed by atoms with Gasteiger partial charge in [-0.15, -0.1) is 11.3 Å². The lowest BCUT2D eigenvalue weighted by molar-refractivity contribution is -0.113. The molecule has 0 spiro atoms. The molecule has 0 saturated heterocycles. The number of thiazole rings is 1. The minimum atomic E-state index is 0.0574. The summed E-state index contributed by atoms with van der Waals surface area (Å²) < 4.78 is 1.98. The van der Waals surface area contributed by atoms with E-state index >= 15 is 0 Å². The number of nitrogens with zero attached hydrogens (tertiary/aromatic N) is 1. The van der Waals surface area contributed by atoms with E-state index in [9.17, 15) is 4.79 Å². The Morgan fingerprint density at radius 2 is 2.13 bits per heavy atom. The molecule has 78 valence electrons. The summed E-state index contributed by atoms with van der Waals surface area (Å²) in [5.41, 5.74) is 0.974. The molecule has 1 heterocycles. The van der Waals surface area contributed by atoms with Crippen molar-refractivity contribution in [2.24, 2.45) is 5.92 Å². The maximum Gasteiger partial charge on any atom is 0.198 e. The number of carbonyl (C=O) groups excluding carboxylic acids is 1. The summed E-state index contributed by atoms with van der Waals surface area (Å²) in [6.45, 7) is 3.81. The van der Waals surface area contributed by atoms with Crippen LogP contribution in [0.15, 0.2) is 28.6 Å². The van der Waals surface area contributed by atoms with Crippen molar-refractivity contribution in [3.8, 4) is 0 Å². The SMILES string of the molecule is CC(C)C(=O)Sc1nc2ccccc2s1. The number of benzene rings is 1. The van der Waals surface area contributed by atoms with Gasteiger partial charge in [0.15, 0.2) is 9.45 Å². The topological polar surface area (TPSA) is 30.0 Å². The van der Waals surface area contributed by atoms with Crippen LogP contribution in [0.4, 0.5) is 0 Å². The standard InChI is InChI=1S/C11H11NOS2/c1-7(2)10(13)15-11-12-8-5-3-4-6-9(8)14-11/h3-7H,1-2H3. The fourth-order valence-corrected chi connectivity index (χ4v) is 3.03. The molecule has 15 heavy (non-hydrogen) atoms. The number of para-hydroxylation sites is 1. The molecule has 0 amide bonds. The summed E-state index contributed by atoms with van der Waals surface area (Å²) in [5, 5.41) is 0.175. The molecule has 1 aromatic carbocycles. The average molecular weight is 237 g/mol. The van der Waals surface area contributed by atoms with E-state index in [4.69, 9.17) is 0 Å². The third-order valence-electron chi connectivity index (χ3n) is 1.93. The van der Waals surface area contributed by atoms with Gasteiger partial charge in [-0.25, -0.2) is 4.98 Å². The van der Waals surface area contributed by atoms with E-state index in [1.165, 1.54) is 11.8 Å². The van der Waals surface area contributed by atoms with Crippen LogP contribution in [0, 0.1) is 5.92 Å². The molecule has 2 nitrogen and oxygen atoms in total. The van der Waals surface area contributed by atoms with Crippen LogP contribution in [0.3, 0.4) is 0 Å². The van der Waals surface area contributed by atoms with Crippen molar-refractivity contribution in [1.82, 2.24) is 4.98 Å². The van der Waals surface area contributed by atoms with Crippen molar-refractivity contribution in [1.29, 1.82) is 0 Å². The first-order valence-electron chi connectivity index (χ1n) is 4.74. The molecule has 4 heteroatoms. The van der Waals surface area contributed by atoms with Gasteiger partial charge in [-0.1, -0.05) is 26.0 Å². The monoisotopic (exact) mass is 237 g/mol. The Morgan fingerprint density at radius 3 is 2.80 bits per heavy atom. The van der Waals surface area contributed by atoms with E-state index in [1.807, 2.05) is 38.1 Å². The Kier molecular flexibility index (Phi) is 3.07. The van der Waals surface area contributed by atoms with Gasteiger partial charge in [0.1, 0.15) is 0 Å². The van der Waals surface area contributed by atoms with Crippen LogP contribution in [0.25, 0.3) is 10.2 Å². The van der Waals surface area contributed by atoms with Gasteiger partial charge >= 0.3 is 0 Å². The second kappa shape index (κ2) is 4.33. The largest absolute Gasteiger partial charge is 0.286 e. The highest BCUT2D eigenvalue weighted by Crippen LogP contribution is 2.30. The lowest BCUT2D eigenvalue weighted by Gasteiger charge is -1.98. The van der Waals surface area contributed by atoms with Crippen molar-refractivity contribution >= 4 is 38.4 Å². The Labute approximate surface area is 96.7 Å². The van der Waals surface area contributed by atoms with Gasteiger partial charge in [0, 0.05) is 5.92 Å². The maximum absolute atomic E-state index is 11.5. The van der Waals surface area contributed by atoms with Gasteiger partial charge in [0.25, 0.3) is 0 Å². The van der Waals surface area contributed by atoms with E-state index in [0.29, 0.717) is 0 Å². The number of fused-ring (bicyclic) bond motifs is 1. The molecule has 0 unspecified atom stereocenters. The molecular formula is C11H11NOS2. The lowest BCUT2D eigenvalue weighted by Crippen LogP contribution is -2.00.